The average Bonchev–Trinajstić information content (AvgIpc) is 2.47. The van der Waals surface area contributed by atoms with Gasteiger partial charge < -0.3 is 0 Å². The van der Waals surface area contributed by atoms with Crippen molar-refractivity contribution in [3.63, 3.8) is 0 Å². The average molecular weight is 354 g/mol. The number of benzene rings is 1. The third-order valence-electron chi connectivity index (χ3n) is 2.87. The Bertz CT molecular complexity index is 806. The Kier molecular flexibility index (Phi) is 3.36. The number of nitrogens with zero attached hydrogens (tertiary/aromatic N) is 3. The molecular formula is C14H7BrF3N3. The van der Waals surface area contributed by atoms with Crippen molar-refractivity contribution in [1.29, 1.82) is 0 Å². The highest BCUT2D eigenvalue weighted by Crippen LogP contribution is 2.32. The van der Waals surface area contributed by atoms with Gasteiger partial charge in [-0.15, -0.1) is 0 Å². The Morgan fingerprint density at radius 2 is 1.81 bits per heavy atom. The Morgan fingerprint density at radius 1 is 1.00 bits per heavy atom. The van der Waals surface area contributed by atoms with Gasteiger partial charge in [0, 0.05) is 16.1 Å². The summed E-state index contributed by atoms with van der Waals surface area (Å²) in [6, 6.07) is 6.95. The van der Waals surface area contributed by atoms with Crippen LogP contribution in [0.1, 0.15) is 11.5 Å². The minimum atomic E-state index is -3.50. The number of hydrogen-bond donors (Lipinski definition) is 0. The Morgan fingerprint density at radius 3 is 2.52 bits per heavy atom. The molecule has 0 aliphatic heterocycles. The van der Waals surface area contributed by atoms with Crippen LogP contribution in [0.3, 0.4) is 0 Å². The molecule has 106 valence electrons. The van der Waals surface area contributed by atoms with Crippen LogP contribution >= 0.6 is 15.9 Å². The van der Waals surface area contributed by atoms with E-state index in [0.29, 0.717) is 10.9 Å². The van der Waals surface area contributed by atoms with E-state index in [1.807, 2.05) is 0 Å². The van der Waals surface area contributed by atoms with Crippen LogP contribution in [0.15, 0.2) is 47.2 Å². The van der Waals surface area contributed by atoms with Crippen molar-refractivity contribution >= 4 is 26.8 Å². The van der Waals surface area contributed by atoms with Crippen LogP contribution in [-0.4, -0.2) is 15.0 Å². The third kappa shape index (κ3) is 2.61. The van der Waals surface area contributed by atoms with Gasteiger partial charge in [-0.3, -0.25) is 4.98 Å². The second-order valence-corrected chi connectivity index (χ2v) is 5.25. The zero-order valence-corrected chi connectivity index (χ0v) is 12.0. The van der Waals surface area contributed by atoms with Gasteiger partial charge in [0.2, 0.25) is 5.82 Å². The van der Waals surface area contributed by atoms with Crippen molar-refractivity contribution in [3.8, 4) is 0 Å². The molecule has 0 saturated heterocycles. The molecular weight excluding hydrogens is 347 g/mol. The first-order valence-electron chi connectivity index (χ1n) is 5.89. The van der Waals surface area contributed by atoms with Crippen molar-refractivity contribution < 1.29 is 13.2 Å². The predicted molar refractivity (Wildman–Crippen MR) is 74.4 cm³/mol. The third-order valence-corrected chi connectivity index (χ3v) is 3.37. The van der Waals surface area contributed by atoms with Crippen LogP contribution in [0.4, 0.5) is 13.2 Å². The highest BCUT2D eigenvalue weighted by atomic mass is 79.9. The minimum absolute atomic E-state index is 0.385. The summed E-state index contributed by atoms with van der Waals surface area (Å²) in [4.78, 5) is 11.0. The lowest BCUT2D eigenvalue weighted by Crippen LogP contribution is -2.20. The van der Waals surface area contributed by atoms with Crippen LogP contribution in [0.2, 0.25) is 0 Å². The normalized spacial score (nSPS) is 11.8. The van der Waals surface area contributed by atoms with E-state index in [4.69, 9.17) is 0 Å². The maximum Gasteiger partial charge on any atom is 0.348 e. The maximum absolute atomic E-state index is 14.3. The zero-order valence-electron chi connectivity index (χ0n) is 10.4. The molecule has 3 rings (SSSR count). The number of halogens is 4. The molecule has 0 bridgehead atoms. The summed E-state index contributed by atoms with van der Waals surface area (Å²) in [5.74, 6) is -4.85. The predicted octanol–water partition coefficient (Wildman–Crippen LogP) is 4.07. The van der Waals surface area contributed by atoms with E-state index in [-0.39, 0.29) is 0 Å². The second kappa shape index (κ2) is 5.07. The van der Waals surface area contributed by atoms with Crippen LogP contribution in [0.5, 0.6) is 0 Å². The fourth-order valence-electron chi connectivity index (χ4n) is 1.82. The van der Waals surface area contributed by atoms with E-state index in [1.54, 1.807) is 18.2 Å². The van der Waals surface area contributed by atoms with Crippen LogP contribution in [-0.2, 0) is 5.92 Å². The number of fused-ring (bicyclic) bond motifs is 1. The van der Waals surface area contributed by atoms with E-state index < -0.39 is 23.3 Å². The number of pyridine rings is 1. The van der Waals surface area contributed by atoms with Gasteiger partial charge in [-0.25, -0.2) is 14.4 Å². The molecule has 7 heteroatoms. The molecule has 0 atom stereocenters. The number of alkyl halides is 2. The lowest BCUT2D eigenvalue weighted by atomic mass is 10.2. The zero-order chi connectivity index (χ0) is 15.0. The van der Waals surface area contributed by atoms with E-state index in [9.17, 15) is 13.2 Å². The van der Waals surface area contributed by atoms with Crippen LogP contribution in [0.25, 0.3) is 10.9 Å². The van der Waals surface area contributed by atoms with Gasteiger partial charge >= 0.3 is 5.92 Å². The topological polar surface area (TPSA) is 38.7 Å². The van der Waals surface area contributed by atoms with Crippen LogP contribution < -0.4 is 0 Å². The molecule has 0 amide bonds. The van der Waals surface area contributed by atoms with E-state index in [2.05, 4.69) is 30.9 Å². The summed E-state index contributed by atoms with van der Waals surface area (Å²) in [6.07, 6.45) is 2.06. The molecule has 0 aliphatic rings. The maximum atomic E-state index is 14.3. The Hall–Kier alpha value is -2.02. The fraction of sp³-hybridized carbons (Fsp3) is 0.0714. The van der Waals surface area contributed by atoms with Crippen molar-refractivity contribution in [2.45, 2.75) is 5.92 Å². The fourth-order valence-corrected chi connectivity index (χ4v) is 2.17. The Labute approximate surface area is 126 Å². The molecule has 3 aromatic rings. The van der Waals surface area contributed by atoms with E-state index in [0.717, 1.165) is 22.8 Å². The first kappa shape index (κ1) is 13.9. The van der Waals surface area contributed by atoms with Gasteiger partial charge in [0.25, 0.3) is 0 Å². The summed E-state index contributed by atoms with van der Waals surface area (Å²) in [6.45, 7) is 0. The molecule has 2 aromatic heterocycles. The quantitative estimate of drug-likeness (QED) is 0.697. The highest BCUT2D eigenvalue weighted by molar-refractivity contribution is 9.10. The SMILES string of the molecule is Fc1ccc(C(F)(F)c2ncc3ccc(Br)cc3n2)nc1. The number of hydrogen-bond acceptors (Lipinski definition) is 3. The standard InChI is InChI=1S/C14H7BrF3N3/c15-9-2-1-8-6-20-13(21-11(8)5-9)14(17,18)12-4-3-10(16)7-19-12/h1-7H. The summed E-state index contributed by atoms with van der Waals surface area (Å²) < 4.78 is 42.2. The van der Waals surface area contributed by atoms with Crippen molar-refractivity contribution in [2.75, 3.05) is 0 Å². The molecule has 0 saturated carbocycles. The highest BCUT2D eigenvalue weighted by Gasteiger charge is 2.39. The van der Waals surface area contributed by atoms with Gasteiger partial charge in [-0.1, -0.05) is 22.0 Å². The van der Waals surface area contributed by atoms with Gasteiger partial charge in [-0.05, 0) is 24.3 Å². The first-order valence-corrected chi connectivity index (χ1v) is 6.69. The molecule has 0 radical (unpaired) electrons. The molecule has 3 nitrogen and oxygen atoms in total. The largest absolute Gasteiger partial charge is 0.348 e. The molecule has 2 heterocycles. The van der Waals surface area contributed by atoms with Crippen molar-refractivity contribution in [2.24, 2.45) is 0 Å². The summed E-state index contributed by atoms with van der Waals surface area (Å²) in [7, 11) is 0. The van der Waals surface area contributed by atoms with Crippen molar-refractivity contribution in [3.05, 3.63) is 64.5 Å². The lowest BCUT2D eigenvalue weighted by molar-refractivity contribution is 0.0283. The summed E-state index contributed by atoms with van der Waals surface area (Å²) in [5, 5.41) is 0.643. The van der Waals surface area contributed by atoms with Gasteiger partial charge in [0.15, 0.2) is 0 Å². The lowest BCUT2D eigenvalue weighted by Gasteiger charge is -2.14. The van der Waals surface area contributed by atoms with Gasteiger partial charge in [-0.2, -0.15) is 8.78 Å². The van der Waals surface area contributed by atoms with E-state index >= 15 is 0 Å². The van der Waals surface area contributed by atoms with Crippen molar-refractivity contribution in [1.82, 2.24) is 15.0 Å². The Balaban J connectivity index is 2.11. The monoisotopic (exact) mass is 353 g/mol. The van der Waals surface area contributed by atoms with Crippen LogP contribution in [0, 0.1) is 5.82 Å². The summed E-state index contributed by atoms with van der Waals surface area (Å²) in [5.41, 5.74) is -0.214. The molecule has 0 N–H and O–H groups in total. The molecule has 0 spiro atoms. The molecule has 0 aliphatic carbocycles. The van der Waals surface area contributed by atoms with Gasteiger partial charge in [0.05, 0.1) is 11.7 Å². The summed E-state index contributed by atoms with van der Waals surface area (Å²) >= 11 is 3.26. The van der Waals surface area contributed by atoms with Gasteiger partial charge in [0.1, 0.15) is 11.5 Å². The number of aromatic nitrogens is 3. The first-order chi connectivity index (χ1) is 9.96. The second-order valence-electron chi connectivity index (χ2n) is 4.33. The smallest absolute Gasteiger partial charge is 0.251 e. The molecule has 21 heavy (non-hydrogen) atoms. The molecule has 0 unspecified atom stereocenters. The number of rotatable bonds is 2. The molecule has 0 fully saturated rings. The molecule has 1 aromatic carbocycles. The van der Waals surface area contributed by atoms with E-state index in [1.165, 1.54) is 6.20 Å². The minimum Gasteiger partial charge on any atom is -0.251 e.